The Morgan fingerprint density at radius 3 is 2.07 bits per heavy atom. The Balaban J connectivity index is 3.67. The highest BCUT2D eigenvalue weighted by atomic mass is 16.2. The summed E-state index contributed by atoms with van der Waals surface area (Å²) in [6.07, 6.45) is 0. The van der Waals surface area contributed by atoms with E-state index in [9.17, 15) is 14.4 Å². The van der Waals surface area contributed by atoms with Crippen LogP contribution in [-0.4, -0.2) is 56.4 Å². The minimum atomic E-state index is -0.424. The number of rotatable bonds is 5. The average Bonchev–Trinajstić information content (AvgIpc) is 2.21. The Morgan fingerprint density at radius 1 is 1.07 bits per heavy atom. The predicted molar refractivity (Wildman–Crippen MR) is 53.8 cm³/mol. The fourth-order valence-electron chi connectivity index (χ4n) is 0.646. The van der Waals surface area contributed by atoms with Gasteiger partial charge in [0.25, 0.3) is 0 Å². The summed E-state index contributed by atoms with van der Waals surface area (Å²) in [6, 6.07) is 0. The summed E-state index contributed by atoms with van der Waals surface area (Å²) < 4.78 is 0. The first kappa shape index (κ1) is 13.4. The van der Waals surface area contributed by atoms with Crippen LogP contribution in [0.5, 0.6) is 0 Å². The van der Waals surface area contributed by atoms with Gasteiger partial charge in [0.15, 0.2) is 0 Å². The van der Waals surface area contributed by atoms with Crippen molar-refractivity contribution in [3.05, 3.63) is 0 Å². The third kappa shape index (κ3) is 6.44. The van der Waals surface area contributed by atoms with Gasteiger partial charge >= 0.3 is 0 Å². The van der Waals surface area contributed by atoms with Crippen molar-refractivity contribution in [3.63, 3.8) is 0 Å². The van der Waals surface area contributed by atoms with Crippen LogP contribution < -0.4 is 16.4 Å². The molecule has 0 radical (unpaired) electrons. The molecule has 0 saturated heterocycles. The summed E-state index contributed by atoms with van der Waals surface area (Å²) in [7, 11) is 3.18. The molecule has 3 amide bonds. The molecule has 0 bridgehead atoms. The van der Waals surface area contributed by atoms with Crippen LogP contribution in [0.15, 0.2) is 0 Å². The van der Waals surface area contributed by atoms with E-state index >= 15 is 0 Å². The summed E-state index contributed by atoms with van der Waals surface area (Å²) in [6.45, 7) is -0.412. The molecule has 0 saturated carbocycles. The van der Waals surface area contributed by atoms with Crippen molar-refractivity contribution in [3.8, 4) is 0 Å². The van der Waals surface area contributed by atoms with Gasteiger partial charge in [-0.3, -0.25) is 14.4 Å². The largest absolute Gasteiger partial charge is 0.347 e. The Bertz CT molecular complexity index is 252. The maximum absolute atomic E-state index is 11.1. The quantitative estimate of drug-likeness (QED) is 0.464. The second kappa shape index (κ2) is 6.77. The van der Waals surface area contributed by atoms with Crippen LogP contribution in [0.25, 0.3) is 0 Å². The van der Waals surface area contributed by atoms with Crippen LogP contribution in [0.2, 0.25) is 0 Å². The first-order chi connectivity index (χ1) is 6.97. The molecule has 4 N–H and O–H groups in total. The lowest BCUT2D eigenvalue weighted by Crippen LogP contribution is -2.42. The molecule has 0 fully saturated rings. The fraction of sp³-hybridized carbons (Fsp3) is 0.625. The number of likely N-dealkylation sites (N-methyl/N-ethyl adjacent to an activating group) is 1. The molecular weight excluding hydrogens is 200 g/mol. The molecule has 0 heterocycles. The summed E-state index contributed by atoms with van der Waals surface area (Å²) in [5, 5.41) is 4.64. The van der Waals surface area contributed by atoms with Crippen molar-refractivity contribution in [1.29, 1.82) is 0 Å². The zero-order valence-electron chi connectivity index (χ0n) is 8.87. The van der Waals surface area contributed by atoms with Gasteiger partial charge in [0.2, 0.25) is 17.7 Å². The summed E-state index contributed by atoms with van der Waals surface area (Å²) in [4.78, 5) is 34.1. The van der Waals surface area contributed by atoms with Gasteiger partial charge in [-0.05, 0) is 0 Å². The van der Waals surface area contributed by atoms with Gasteiger partial charge in [-0.25, -0.2) is 0 Å². The standard InChI is InChI=1S/C8H16N4O3/c1-12(2)8(15)5-11-7(14)4-10-6(13)3-9/h3-5,9H2,1-2H3,(H,10,13)(H,11,14). The van der Waals surface area contributed by atoms with E-state index in [1.807, 2.05) is 0 Å². The highest BCUT2D eigenvalue weighted by molar-refractivity contribution is 5.88. The van der Waals surface area contributed by atoms with E-state index in [-0.39, 0.29) is 25.5 Å². The van der Waals surface area contributed by atoms with E-state index in [1.165, 1.54) is 4.90 Å². The van der Waals surface area contributed by atoms with E-state index in [1.54, 1.807) is 14.1 Å². The molecule has 0 aromatic rings. The molecule has 0 aliphatic rings. The number of carbonyl (C=O) groups excluding carboxylic acids is 3. The number of nitrogens with two attached hydrogens (primary N) is 1. The molecule has 86 valence electrons. The third-order valence-electron chi connectivity index (χ3n) is 1.57. The predicted octanol–water partition coefficient (Wildman–Crippen LogP) is -2.73. The van der Waals surface area contributed by atoms with Crippen molar-refractivity contribution < 1.29 is 14.4 Å². The lowest BCUT2D eigenvalue weighted by atomic mass is 10.5. The molecule has 0 atom stereocenters. The maximum atomic E-state index is 11.1. The number of amides is 3. The van der Waals surface area contributed by atoms with Gasteiger partial charge in [-0.2, -0.15) is 0 Å². The zero-order chi connectivity index (χ0) is 11.8. The minimum absolute atomic E-state index is 0.0790. The second-order valence-corrected chi connectivity index (χ2v) is 3.05. The second-order valence-electron chi connectivity index (χ2n) is 3.05. The van der Waals surface area contributed by atoms with Crippen LogP contribution in [0.3, 0.4) is 0 Å². The number of nitrogens with one attached hydrogen (secondary N) is 2. The van der Waals surface area contributed by atoms with Crippen molar-refractivity contribution in [2.24, 2.45) is 5.73 Å². The van der Waals surface area contributed by atoms with E-state index in [4.69, 9.17) is 5.73 Å². The monoisotopic (exact) mass is 216 g/mol. The molecular formula is C8H16N4O3. The zero-order valence-corrected chi connectivity index (χ0v) is 8.87. The summed E-state index contributed by atoms with van der Waals surface area (Å²) >= 11 is 0. The van der Waals surface area contributed by atoms with Crippen molar-refractivity contribution >= 4 is 17.7 Å². The Morgan fingerprint density at radius 2 is 1.60 bits per heavy atom. The van der Waals surface area contributed by atoms with Crippen LogP contribution in [0.1, 0.15) is 0 Å². The first-order valence-corrected chi connectivity index (χ1v) is 4.41. The fourth-order valence-corrected chi connectivity index (χ4v) is 0.646. The average molecular weight is 216 g/mol. The number of hydrogen-bond donors (Lipinski definition) is 3. The molecule has 0 aromatic heterocycles. The molecule has 0 spiro atoms. The lowest BCUT2D eigenvalue weighted by molar-refractivity contribution is -0.131. The molecule has 0 unspecified atom stereocenters. The van der Waals surface area contributed by atoms with Gasteiger partial charge in [-0.1, -0.05) is 0 Å². The lowest BCUT2D eigenvalue weighted by Gasteiger charge is -2.10. The van der Waals surface area contributed by atoms with E-state index in [0.29, 0.717) is 0 Å². The smallest absolute Gasteiger partial charge is 0.241 e. The number of hydrogen-bond acceptors (Lipinski definition) is 4. The molecule has 7 nitrogen and oxygen atoms in total. The normalized spacial score (nSPS) is 9.27. The molecule has 0 aromatic carbocycles. The molecule has 0 rings (SSSR count). The Labute approximate surface area is 88.0 Å². The van der Waals surface area contributed by atoms with Gasteiger partial charge in [0.1, 0.15) is 0 Å². The number of nitrogens with zero attached hydrogens (tertiary/aromatic N) is 1. The van der Waals surface area contributed by atoms with Gasteiger partial charge in [0.05, 0.1) is 19.6 Å². The highest BCUT2D eigenvalue weighted by Crippen LogP contribution is 1.75. The molecule has 0 aliphatic heterocycles. The molecule has 15 heavy (non-hydrogen) atoms. The van der Waals surface area contributed by atoms with E-state index < -0.39 is 11.8 Å². The van der Waals surface area contributed by atoms with E-state index in [2.05, 4.69) is 10.6 Å². The Hall–Kier alpha value is -1.63. The van der Waals surface area contributed by atoms with Crippen LogP contribution in [0, 0.1) is 0 Å². The highest BCUT2D eigenvalue weighted by Gasteiger charge is 2.07. The van der Waals surface area contributed by atoms with Crippen LogP contribution >= 0.6 is 0 Å². The van der Waals surface area contributed by atoms with Crippen molar-refractivity contribution in [1.82, 2.24) is 15.5 Å². The van der Waals surface area contributed by atoms with Gasteiger partial charge in [-0.15, -0.1) is 0 Å². The SMILES string of the molecule is CN(C)C(=O)CNC(=O)CNC(=O)CN. The van der Waals surface area contributed by atoms with E-state index in [0.717, 1.165) is 0 Å². The Kier molecular flexibility index (Phi) is 6.03. The van der Waals surface area contributed by atoms with Crippen LogP contribution in [-0.2, 0) is 14.4 Å². The molecule has 7 heteroatoms. The minimum Gasteiger partial charge on any atom is -0.347 e. The third-order valence-corrected chi connectivity index (χ3v) is 1.57. The van der Waals surface area contributed by atoms with Crippen LogP contribution in [0.4, 0.5) is 0 Å². The number of carbonyl (C=O) groups is 3. The maximum Gasteiger partial charge on any atom is 0.241 e. The van der Waals surface area contributed by atoms with Crippen molar-refractivity contribution in [2.75, 3.05) is 33.7 Å². The summed E-state index contributed by atoms with van der Waals surface area (Å²) in [5.41, 5.74) is 5.02. The van der Waals surface area contributed by atoms with Crippen molar-refractivity contribution in [2.45, 2.75) is 0 Å². The topological polar surface area (TPSA) is 105 Å². The van der Waals surface area contributed by atoms with Gasteiger partial charge < -0.3 is 21.3 Å². The molecule has 0 aliphatic carbocycles. The first-order valence-electron chi connectivity index (χ1n) is 4.41. The summed E-state index contributed by atoms with van der Waals surface area (Å²) in [5.74, 6) is -1.05. The van der Waals surface area contributed by atoms with Gasteiger partial charge in [0, 0.05) is 14.1 Å².